The van der Waals surface area contributed by atoms with Crippen LogP contribution in [0.15, 0.2) is 53.3 Å². The number of aryl methyl sites for hydroxylation is 1. The van der Waals surface area contributed by atoms with Gasteiger partial charge in [-0.15, -0.1) is 0 Å². The summed E-state index contributed by atoms with van der Waals surface area (Å²) < 4.78 is 14.6. The minimum absolute atomic E-state index is 0.0312. The smallest absolute Gasteiger partial charge is 0.329 e. The normalized spacial score (nSPS) is 15.7. The Bertz CT molecular complexity index is 1040. The van der Waals surface area contributed by atoms with Gasteiger partial charge in [-0.2, -0.15) is 0 Å². The van der Waals surface area contributed by atoms with E-state index in [1.807, 2.05) is 55.5 Å². The number of carbonyl (C=O) groups excluding carboxylic acids is 1. The van der Waals surface area contributed by atoms with Crippen LogP contribution >= 0.6 is 0 Å². The second kappa shape index (κ2) is 7.19. The number of hydrogen-bond acceptors (Lipinski definition) is 4. The average molecular weight is 367 g/mol. The summed E-state index contributed by atoms with van der Waals surface area (Å²) in [6.45, 7) is 3.12. The van der Waals surface area contributed by atoms with Crippen LogP contribution in [0, 0.1) is 0 Å². The van der Waals surface area contributed by atoms with E-state index in [-0.39, 0.29) is 24.2 Å². The largest absolute Gasteiger partial charge is 0.486 e. The van der Waals surface area contributed by atoms with Gasteiger partial charge in [0.15, 0.2) is 11.5 Å². The number of ether oxygens (including phenoxy) is 2. The number of imidazole rings is 1. The average Bonchev–Trinajstić information content (AvgIpc) is 2.97. The Morgan fingerprint density at radius 2 is 1.74 bits per heavy atom. The molecule has 0 saturated carbocycles. The topological polar surface area (TPSA) is 74.5 Å². The van der Waals surface area contributed by atoms with Crippen molar-refractivity contribution in [1.82, 2.24) is 14.5 Å². The van der Waals surface area contributed by atoms with E-state index in [0.29, 0.717) is 31.2 Å². The monoisotopic (exact) mass is 367 g/mol. The van der Waals surface area contributed by atoms with Gasteiger partial charge >= 0.3 is 5.69 Å². The minimum atomic E-state index is -0.266. The molecule has 7 nitrogen and oxygen atoms in total. The van der Waals surface area contributed by atoms with E-state index >= 15 is 0 Å². The van der Waals surface area contributed by atoms with Gasteiger partial charge in [0.05, 0.1) is 17.6 Å². The maximum absolute atomic E-state index is 12.6. The fourth-order valence-corrected chi connectivity index (χ4v) is 3.32. The van der Waals surface area contributed by atoms with Crippen molar-refractivity contribution in [3.8, 4) is 11.5 Å². The van der Waals surface area contributed by atoms with Crippen LogP contribution in [0.5, 0.6) is 11.5 Å². The zero-order chi connectivity index (χ0) is 18.8. The first kappa shape index (κ1) is 17.2. The second-order valence-electron chi connectivity index (χ2n) is 6.40. The van der Waals surface area contributed by atoms with Gasteiger partial charge in [-0.3, -0.25) is 13.9 Å². The Morgan fingerprint density at radius 1 is 1.07 bits per heavy atom. The predicted molar refractivity (Wildman–Crippen MR) is 101 cm³/mol. The Hall–Kier alpha value is -3.22. The summed E-state index contributed by atoms with van der Waals surface area (Å²) in [4.78, 5) is 25.0. The minimum Gasteiger partial charge on any atom is -0.486 e. The van der Waals surface area contributed by atoms with E-state index in [9.17, 15) is 9.59 Å². The summed E-state index contributed by atoms with van der Waals surface area (Å²) in [7, 11) is 0. The molecule has 3 aromatic rings. The van der Waals surface area contributed by atoms with Crippen LogP contribution in [-0.2, 0) is 17.9 Å². The number of fused-ring (bicyclic) bond motifs is 2. The third-order valence-corrected chi connectivity index (χ3v) is 4.64. The summed E-state index contributed by atoms with van der Waals surface area (Å²) in [6.07, 6.45) is -0.266. The molecular weight excluding hydrogens is 346 g/mol. The standard InChI is InChI=1S/C20H21N3O4/c1-2-22-15-7-3-4-8-16(15)23(20(22)25)12-19(24)21-11-14-13-26-17-9-5-6-10-18(17)27-14/h3-10,14H,2,11-13H2,1H3,(H,21,24). The first-order valence-electron chi connectivity index (χ1n) is 9.00. The van der Waals surface area contributed by atoms with Crippen LogP contribution in [0.2, 0.25) is 0 Å². The molecule has 2 aromatic carbocycles. The summed E-state index contributed by atoms with van der Waals surface area (Å²) in [6, 6.07) is 14.9. The molecule has 0 radical (unpaired) electrons. The van der Waals surface area contributed by atoms with Crippen LogP contribution in [0.25, 0.3) is 11.0 Å². The van der Waals surface area contributed by atoms with Crippen LogP contribution in [-0.4, -0.2) is 34.3 Å². The van der Waals surface area contributed by atoms with Crippen molar-refractivity contribution in [3.05, 3.63) is 59.0 Å². The highest BCUT2D eigenvalue weighted by atomic mass is 16.6. The van der Waals surface area contributed by atoms with Crippen LogP contribution < -0.4 is 20.5 Å². The quantitative estimate of drug-likeness (QED) is 0.746. The molecule has 0 fully saturated rings. The lowest BCUT2D eigenvalue weighted by Crippen LogP contribution is -2.42. The number of nitrogens with zero attached hydrogens (tertiary/aromatic N) is 2. The maximum atomic E-state index is 12.6. The van der Waals surface area contributed by atoms with E-state index in [2.05, 4.69) is 5.32 Å². The van der Waals surface area contributed by atoms with Crippen molar-refractivity contribution in [3.63, 3.8) is 0 Å². The van der Waals surface area contributed by atoms with Gasteiger partial charge in [-0.1, -0.05) is 24.3 Å². The molecule has 1 atom stereocenters. The van der Waals surface area contributed by atoms with Gasteiger partial charge in [-0.25, -0.2) is 4.79 Å². The highest BCUT2D eigenvalue weighted by molar-refractivity contribution is 5.81. The van der Waals surface area contributed by atoms with Crippen LogP contribution in [0.1, 0.15) is 6.92 Å². The molecule has 1 unspecified atom stereocenters. The van der Waals surface area contributed by atoms with E-state index in [1.165, 1.54) is 4.57 Å². The Morgan fingerprint density at radius 3 is 2.48 bits per heavy atom. The number of aromatic nitrogens is 2. The zero-order valence-electron chi connectivity index (χ0n) is 15.1. The van der Waals surface area contributed by atoms with Gasteiger partial charge in [0.1, 0.15) is 19.3 Å². The summed E-state index contributed by atoms with van der Waals surface area (Å²) in [5.41, 5.74) is 1.41. The van der Waals surface area contributed by atoms with E-state index in [1.54, 1.807) is 4.57 Å². The molecule has 7 heteroatoms. The molecule has 1 aromatic heterocycles. The highest BCUT2D eigenvalue weighted by Gasteiger charge is 2.21. The third-order valence-electron chi connectivity index (χ3n) is 4.64. The molecule has 0 spiro atoms. The van der Waals surface area contributed by atoms with Crippen LogP contribution in [0.4, 0.5) is 0 Å². The molecule has 1 aliphatic heterocycles. The number of carbonyl (C=O) groups is 1. The first-order chi connectivity index (χ1) is 13.2. The van der Waals surface area contributed by atoms with Gasteiger partial charge in [0.25, 0.3) is 0 Å². The number of rotatable bonds is 5. The van der Waals surface area contributed by atoms with E-state index in [0.717, 1.165) is 11.0 Å². The summed E-state index contributed by atoms with van der Waals surface area (Å²) in [5.74, 6) is 1.14. The number of hydrogen-bond donors (Lipinski definition) is 1. The molecular formula is C20H21N3O4. The van der Waals surface area contributed by atoms with Crippen molar-refractivity contribution in [1.29, 1.82) is 0 Å². The number of amides is 1. The fourth-order valence-electron chi connectivity index (χ4n) is 3.32. The lowest BCUT2D eigenvalue weighted by Gasteiger charge is -2.26. The molecule has 1 amide bonds. The third kappa shape index (κ3) is 3.28. The predicted octanol–water partition coefficient (Wildman–Crippen LogP) is 1.78. The number of benzene rings is 2. The lowest BCUT2D eigenvalue weighted by atomic mass is 10.2. The van der Waals surface area contributed by atoms with Crippen LogP contribution in [0.3, 0.4) is 0 Å². The Balaban J connectivity index is 1.43. The molecule has 4 rings (SSSR count). The van der Waals surface area contributed by atoms with Crippen molar-refractivity contribution in [2.24, 2.45) is 0 Å². The highest BCUT2D eigenvalue weighted by Crippen LogP contribution is 2.30. The van der Waals surface area contributed by atoms with Gasteiger partial charge in [0, 0.05) is 6.54 Å². The Labute approximate surface area is 156 Å². The van der Waals surface area contributed by atoms with Gasteiger partial charge in [-0.05, 0) is 31.2 Å². The van der Waals surface area contributed by atoms with Gasteiger partial charge < -0.3 is 14.8 Å². The SMILES string of the molecule is CCn1c(=O)n(CC(=O)NCC2COc3ccccc3O2)c2ccccc21. The van der Waals surface area contributed by atoms with Gasteiger partial charge in [0.2, 0.25) is 5.91 Å². The van der Waals surface area contributed by atoms with Crippen molar-refractivity contribution in [2.75, 3.05) is 13.2 Å². The molecule has 0 bridgehead atoms. The zero-order valence-corrected chi connectivity index (χ0v) is 15.1. The second-order valence-corrected chi connectivity index (χ2v) is 6.40. The Kier molecular flexibility index (Phi) is 4.58. The molecule has 1 N–H and O–H groups in total. The number of nitrogens with one attached hydrogen (secondary N) is 1. The maximum Gasteiger partial charge on any atom is 0.329 e. The molecule has 0 aliphatic carbocycles. The first-order valence-corrected chi connectivity index (χ1v) is 9.00. The molecule has 1 aliphatic rings. The van der Waals surface area contributed by atoms with Crippen molar-refractivity contribution >= 4 is 16.9 Å². The van der Waals surface area contributed by atoms with E-state index < -0.39 is 0 Å². The van der Waals surface area contributed by atoms with Crippen molar-refractivity contribution in [2.45, 2.75) is 26.1 Å². The lowest BCUT2D eigenvalue weighted by molar-refractivity contribution is -0.122. The fraction of sp³-hybridized carbons (Fsp3) is 0.300. The number of para-hydroxylation sites is 4. The summed E-state index contributed by atoms with van der Waals surface area (Å²) in [5, 5.41) is 2.84. The molecule has 27 heavy (non-hydrogen) atoms. The van der Waals surface area contributed by atoms with E-state index in [4.69, 9.17) is 9.47 Å². The molecule has 0 saturated heterocycles. The van der Waals surface area contributed by atoms with Crippen molar-refractivity contribution < 1.29 is 14.3 Å². The molecule has 140 valence electrons. The summed E-state index contributed by atoms with van der Waals surface area (Å²) >= 11 is 0. The molecule has 2 heterocycles.